The lowest BCUT2D eigenvalue weighted by molar-refractivity contribution is -0.116. The van der Waals surface area contributed by atoms with Crippen LogP contribution in [0.4, 0.5) is 10.1 Å². The van der Waals surface area contributed by atoms with E-state index in [0.717, 1.165) is 21.7 Å². The number of benzene rings is 2. The van der Waals surface area contributed by atoms with Gasteiger partial charge in [-0.15, -0.1) is 0 Å². The molecule has 2 aromatic carbocycles. The van der Waals surface area contributed by atoms with E-state index in [4.69, 9.17) is 0 Å². The van der Waals surface area contributed by atoms with Crippen LogP contribution in [0.2, 0.25) is 0 Å². The summed E-state index contributed by atoms with van der Waals surface area (Å²) in [5.74, 6) is -0.361. The lowest BCUT2D eigenvalue weighted by atomic mass is 10.0. The van der Waals surface area contributed by atoms with Gasteiger partial charge in [-0.25, -0.2) is 12.8 Å². The summed E-state index contributed by atoms with van der Waals surface area (Å²) in [5, 5.41) is 2.72. The van der Waals surface area contributed by atoms with E-state index in [2.05, 4.69) is 19.2 Å². The number of rotatable bonds is 8. The van der Waals surface area contributed by atoms with Gasteiger partial charge in [0.25, 0.3) is 0 Å². The summed E-state index contributed by atoms with van der Waals surface area (Å²) in [6, 6.07) is 13.3. The molecule has 0 saturated heterocycles. The van der Waals surface area contributed by atoms with Gasteiger partial charge in [-0.05, 0) is 47.7 Å². The quantitative estimate of drug-likeness (QED) is 0.749. The maximum atomic E-state index is 13.0. The van der Waals surface area contributed by atoms with Crippen molar-refractivity contribution >= 4 is 21.6 Å². The van der Waals surface area contributed by atoms with Gasteiger partial charge < -0.3 is 5.32 Å². The third-order valence-corrected chi connectivity index (χ3v) is 5.46. The third-order valence-electron chi connectivity index (χ3n) is 4.21. The maximum absolute atomic E-state index is 13.0. The molecular formula is C20H25FN2O3S. The number of halogens is 1. The molecule has 0 fully saturated rings. The lowest BCUT2D eigenvalue weighted by Gasteiger charge is -2.19. The van der Waals surface area contributed by atoms with Crippen molar-refractivity contribution in [2.75, 3.05) is 24.7 Å². The maximum Gasteiger partial charge on any atom is 0.239 e. The second-order valence-electron chi connectivity index (χ2n) is 6.80. The number of carbonyl (C=O) groups is 1. The number of sulfonamides is 1. The van der Waals surface area contributed by atoms with Crippen LogP contribution in [0, 0.1) is 5.82 Å². The largest absolute Gasteiger partial charge is 0.325 e. The van der Waals surface area contributed by atoms with E-state index >= 15 is 0 Å². The number of amides is 1. The Balaban J connectivity index is 1.98. The van der Waals surface area contributed by atoms with Gasteiger partial charge in [0.15, 0.2) is 0 Å². The van der Waals surface area contributed by atoms with E-state index in [9.17, 15) is 17.6 Å². The average molecular weight is 392 g/mol. The molecule has 2 aromatic rings. The first kappa shape index (κ1) is 21.1. The molecule has 0 aliphatic carbocycles. The van der Waals surface area contributed by atoms with Crippen molar-refractivity contribution in [3.05, 3.63) is 65.5 Å². The Morgan fingerprint density at radius 3 is 2.19 bits per heavy atom. The minimum Gasteiger partial charge on any atom is -0.325 e. The number of hydrogen-bond acceptors (Lipinski definition) is 3. The zero-order valence-corrected chi connectivity index (χ0v) is 16.6. The van der Waals surface area contributed by atoms with Crippen molar-refractivity contribution in [3.8, 4) is 0 Å². The van der Waals surface area contributed by atoms with Gasteiger partial charge in [-0.2, -0.15) is 4.31 Å². The molecule has 2 rings (SSSR count). The van der Waals surface area contributed by atoms with Crippen molar-refractivity contribution in [2.24, 2.45) is 0 Å². The van der Waals surface area contributed by atoms with Crippen LogP contribution in [-0.2, 0) is 21.2 Å². The van der Waals surface area contributed by atoms with E-state index in [-0.39, 0.29) is 18.9 Å². The van der Waals surface area contributed by atoms with Gasteiger partial charge in [0.1, 0.15) is 5.82 Å². The van der Waals surface area contributed by atoms with Gasteiger partial charge in [0.05, 0.1) is 12.8 Å². The molecule has 0 radical (unpaired) electrons. The van der Waals surface area contributed by atoms with E-state index in [1.165, 1.54) is 12.1 Å². The summed E-state index contributed by atoms with van der Waals surface area (Å²) in [6.07, 6.45) is 1.46. The average Bonchev–Trinajstić information content (AvgIpc) is 2.59. The summed E-state index contributed by atoms with van der Waals surface area (Å²) in [5.41, 5.74) is 2.58. The number of hydrogen-bond donors (Lipinski definition) is 1. The fourth-order valence-corrected chi connectivity index (χ4v) is 3.35. The molecule has 27 heavy (non-hydrogen) atoms. The van der Waals surface area contributed by atoms with Crippen molar-refractivity contribution < 1.29 is 17.6 Å². The van der Waals surface area contributed by atoms with Crippen molar-refractivity contribution in [3.63, 3.8) is 0 Å². The van der Waals surface area contributed by atoms with Crippen molar-refractivity contribution in [2.45, 2.75) is 26.2 Å². The summed E-state index contributed by atoms with van der Waals surface area (Å²) in [4.78, 5) is 12.3. The molecule has 1 N–H and O–H groups in total. The Kier molecular flexibility index (Phi) is 7.10. The Labute approximate surface area is 160 Å². The molecule has 0 aliphatic heterocycles. The van der Waals surface area contributed by atoms with Crippen LogP contribution in [0.1, 0.15) is 30.9 Å². The Hall–Kier alpha value is -2.25. The highest BCUT2D eigenvalue weighted by atomic mass is 32.2. The van der Waals surface area contributed by atoms with E-state index < -0.39 is 15.9 Å². The van der Waals surface area contributed by atoms with Gasteiger partial charge >= 0.3 is 0 Å². The molecule has 0 aromatic heterocycles. The fourth-order valence-electron chi connectivity index (χ4n) is 2.58. The van der Waals surface area contributed by atoms with Crippen LogP contribution >= 0.6 is 0 Å². The first-order valence-corrected chi connectivity index (χ1v) is 10.6. The summed E-state index contributed by atoms with van der Waals surface area (Å²) < 4.78 is 38.1. The predicted octanol–water partition coefficient (Wildman–Crippen LogP) is 3.39. The SMILES string of the molecule is CC(C)c1ccc(NC(=O)CN(CCc2ccc(F)cc2)S(C)(=O)=O)cc1. The molecule has 0 saturated carbocycles. The topological polar surface area (TPSA) is 66.5 Å². The second kappa shape index (κ2) is 9.10. The van der Waals surface area contributed by atoms with Crippen molar-refractivity contribution in [1.82, 2.24) is 4.31 Å². The van der Waals surface area contributed by atoms with Crippen LogP contribution in [0.3, 0.4) is 0 Å². The molecule has 0 atom stereocenters. The Morgan fingerprint density at radius 2 is 1.67 bits per heavy atom. The number of anilines is 1. The molecular weight excluding hydrogens is 367 g/mol. The summed E-state index contributed by atoms with van der Waals surface area (Å²) >= 11 is 0. The molecule has 0 bridgehead atoms. The van der Waals surface area contributed by atoms with Crippen molar-refractivity contribution in [1.29, 1.82) is 0 Å². The molecule has 146 valence electrons. The smallest absolute Gasteiger partial charge is 0.239 e. The molecule has 0 aliphatic rings. The molecule has 5 nitrogen and oxygen atoms in total. The highest BCUT2D eigenvalue weighted by molar-refractivity contribution is 7.88. The van der Waals surface area contributed by atoms with Crippen LogP contribution < -0.4 is 5.32 Å². The molecule has 0 unspecified atom stereocenters. The van der Waals surface area contributed by atoms with E-state index in [1.807, 2.05) is 12.1 Å². The molecule has 7 heteroatoms. The third kappa shape index (κ3) is 6.77. The molecule has 1 amide bonds. The van der Waals surface area contributed by atoms with Crippen LogP contribution in [0.5, 0.6) is 0 Å². The zero-order valence-electron chi connectivity index (χ0n) is 15.8. The van der Waals surface area contributed by atoms with E-state index in [0.29, 0.717) is 18.0 Å². The Morgan fingerprint density at radius 1 is 1.07 bits per heavy atom. The van der Waals surface area contributed by atoms with Gasteiger partial charge in [0, 0.05) is 12.2 Å². The number of nitrogens with one attached hydrogen (secondary N) is 1. The molecule has 0 heterocycles. The minimum atomic E-state index is -3.55. The summed E-state index contributed by atoms with van der Waals surface area (Å²) in [7, 11) is -3.55. The van der Waals surface area contributed by atoms with Crippen LogP contribution in [0.25, 0.3) is 0 Å². The molecule has 0 spiro atoms. The highest BCUT2D eigenvalue weighted by Gasteiger charge is 2.20. The van der Waals surface area contributed by atoms with Gasteiger partial charge in [0.2, 0.25) is 15.9 Å². The second-order valence-corrected chi connectivity index (χ2v) is 8.78. The van der Waals surface area contributed by atoms with Gasteiger partial charge in [-0.3, -0.25) is 4.79 Å². The van der Waals surface area contributed by atoms with E-state index in [1.54, 1.807) is 24.3 Å². The predicted molar refractivity (Wildman–Crippen MR) is 106 cm³/mol. The standard InChI is InChI=1S/C20H25FN2O3S/c1-15(2)17-6-10-19(11-7-17)22-20(24)14-23(27(3,25)26)13-12-16-4-8-18(21)9-5-16/h4-11,15H,12-14H2,1-3H3,(H,22,24). The van der Waals surface area contributed by atoms with Crippen LogP contribution in [0.15, 0.2) is 48.5 Å². The minimum absolute atomic E-state index is 0.143. The van der Waals surface area contributed by atoms with Crippen LogP contribution in [-0.4, -0.2) is 38.0 Å². The fraction of sp³-hybridized carbons (Fsp3) is 0.350. The monoisotopic (exact) mass is 392 g/mol. The first-order chi connectivity index (χ1) is 12.6. The number of nitrogens with zero attached hydrogens (tertiary/aromatic N) is 1. The Bertz CT molecular complexity index is 863. The summed E-state index contributed by atoms with van der Waals surface area (Å²) in [6.45, 7) is 4.04. The first-order valence-electron chi connectivity index (χ1n) is 8.74. The normalized spacial score (nSPS) is 11.8. The van der Waals surface area contributed by atoms with Gasteiger partial charge in [-0.1, -0.05) is 38.1 Å². The zero-order chi connectivity index (χ0) is 20.0. The lowest BCUT2D eigenvalue weighted by Crippen LogP contribution is -2.38. The number of carbonyl (C=O) groups excluding carboxylic acids is 1. The highest BCUT2D eigenvalue weighted by Crippen LogP contribution is 2.17.